The van der Waals surface area contributed by atoms with Crippen LogP contribution < -0.4 is 4.90 Å². The van der Waals surface area contributed by atoms with Gasteiger partial charge in [-0.2, -0.15) is 9.40 Å². The van der Waals surface area contributed by atoms with E-state index >= 15 is 0 Å². The van der Waals surface area contributed by atoms with Crippen LogP contribution in [0.25, 0.3) is 10.8 Å². The van der Waals surface area contributed by atoms with Crippen LogP contribution in [-0.2, 0) is 17.1 Å². The van der Waals surface area contributed by atoms with Crippen LogP contribution in [0, 0.1) is 6.92 Å². The van der Waals surface area contributed by atoms with E-state index in [0.717, 1.165) is 16.5 Å². The standard InChI is InChI=1S/C18H21N5O2S/c1-14-18(13-21(2)20-14)26(24,25)23-9-7-22(8-10-23)17-12-19-11-15-5-3-4-6-16(15)17/h3-6,11-13H,7-10H2,1-2H3. The molecule has 1 fully saturated rings. The fourth-order valence-electron chi connectivity index (χ4n) is 3.49. The highest BCUT2D eigenvalue weighted by atomic mass is 32.2. The van der Waals surface area contributed by atoms with E-state index in [0.29, 0.717) is 36.8 Å². The lowest BCUT2D eigenvalue weighted by molar-refractivity contribution is 0.385. The quantitative estimate of drug-likeness (QED) is 0.702. The van der Waals surface area contributed by atoms with E-state index in [2.05, 4.69) is 21.0 Å². The van der Waals surface area contributed by atoms with Gasteiger partial charge in [-0.25, -0.2) is 8.42 Å². The number of aryl methyl sites for hydroxylation is 2. The minimum Gasteiger partial charge on any atom is -0.367 e. The maximum Gasteiger partial charge on any atom is 0.246 e. The van der Waals surface area contributed by atoms with E-state index in [1.165, 1.54) is 0 Å². The minimum absolute atomic E-state index is 0.292. The Labute approximate surface area is 152 Å². The molecule has 4 rings (SSSR count). The molecule has 0 atom stereocenters. The molecule has 0 saturated carbocycles. The van der Waals surface area contributed by atoms with Crippen molar-refractivity contribution in [2.24, 2.45) is 7.05 Å². The summed E-state index contributed by atoms with van der Waals surface area (Å²) in [6.07, 6.45) is 5.29. The van der Waals surface area contributed by atoms with Gasteiger partial charge in [0.05, 0.1) is 17.6 Å². The van der Waals surface area contributed by atoms with Crippen molar-refractivity contribution < 1.29 is 8.42 Å². The molecule has 1 saturated heterocycles. The molecule has 0 N–H and O–H groups in total. The third-order valence-electron chi connectivity index (χ3n) is 4.81. The van der Waals surface area contributed by atoms with Gasteiger partial charge in [0.25, 0.3) is 0 Å². The van der Waals surface area contributed by atoms with Crippen LogP contribution in [0.3, 0.4) is 0 Å². The van der Waals surface area contributed by atoms with Crippen LogP contribution in [0.4, 0.5) is 5.69 Å². The number of rotatable bonds is 3. The monoisotopic (exact) mass is 371 g/mol. The van der Waals surface area contributed by atoms with Crippen molar-refractivity contribution in [1.29, 1.82) is 0 Å². The summed E-state index contributed by atoms with van der Waals surface area (Å²) in [7, 11) is -1.78. The van der Waals surface area contributed by atoms with Crippen molar-refractivity contribution in [3.63, 3.8) is 0 Å². The van der Waals surface area contributed by atoms with Crippen molar-refractivity contribution in [2.75, 3.05) is 31.1 Å². The van der Waals surface area contributed by atoms with Crippen LogP contribution in [0.15, 0.2) is 47.8 Å². The molecule has 3 aromatic rings. The Balaban J connectivity index is 1.56. The summed E-state index contributed by atoms with van der Waals surface area (Å²) in [5.41, 5.74) is 1.59. The van der Waals surface area contributed by atoms with Crippen LogP contribution in [-0.4, -0.2) is 53.7 Å². The molecule has 2 aromatic heterocycles. The Morgan fingerprint density at radius 2 is 1.77 bits per heavy atom. The molecule has 7 nitrogen and oxygen atoms in total. The van der Waals surface area contributed by atoms with Crippen LogP contribution in [0.1, 0.15) is 5.69 Å². The molecule has 0 radical (unpaired) electrons. The van der Waals surface area contributed by atoms with E-state index in [-0.39, 0.29) is 0 Å². The Morgan fingerprint density at radius 1 is 1.04 bits per heavy atom. The van der Waals surface area contributed by atoms with Gasteiger partial charge >= 0.3 is 0 Å². The van der Waals surface area contributed by atoms with Gasteiger partial charge in [0, 0.05) is 56.4 Å². The first-order valence-electron chi connectivity index (χ1n) is 8.55. The average Bonchev–Trinajstić information content (AvgIpc) is 3.00. The molecule has 0 aliphatic carbocycles. The van der Waals surface area contributed by atoms with Gasteiger partial charge < -0.3 is 4.90 Å². The fraction of sp³-hybridized carbons (Fsp3) is 0.333. The van der Waals surface area contributed by atoms with Crippen LogP contribution >= 0.6 is 0 Å². The van der Waals surface area contributed by atoms with Crippen molar-refractivity contribution >= 4 is 26.5 Å². The van der Waals surface area contributed by atoms with E-state index < -0.39 is 10.0 Å². The lowest BCUT2D eigenvalue weighted by atomic mass is 10.1. The van der Waals surface area contributed by atoms with Gasteiger partial charge in [-0.05, 0) is 6.92 Å². The first-order chi connectivity index (χ1) is 12.5. The van der Waals surface area contributed by atoms with E-state index in [4.69, 9.17) is 0 Å². The number of sulfonamides is 1. The molecule has 1 aliphatic heterocycles. The molecule has 136 valence electrons. The molecular weight excluding hydrogens is 350 g/mol. The molecule has 8 heteroatoms. The third-order valence-corrected chi connectivity index (χ3v) is 6.81. The Morgan fingerprint density at radius 3 is 2.46 bits per heavy atom. The Kier molecular flexibility index (Phi) is 4.16. The number of hydrogen-bond donors (Lipinski definition) is 0. The maximum absolute atomic E-state index is 12.9. The largest absolute Gasteiger partial charge is 0.367 e. The summed E-state index contributed by atoms with van der Waals surface area (Å²) in [4.78, 5) is 6.83. The van der Waals surface area contributed by atoms with Gasteiger partial charge in [-0.1, -0.05) is 24.3 Å². The minimum atomic E-state index is -3.51. The molecule has 26 heavy (non-hydrogen) atoms. The number of aromatic nitrogens is 3. The average molecular weight is 371 g/mol. The molecular formula is C18H21N5O2S. The number of piperazine rings is 1. The van der Waals surface area contributed by atoms with Crippen molar-refractivity contribution in [1.82, 2.24) is 19.1 Å². The maximum atomic E-state index is 12.9. The number of anilines is 1. The zero-order valence-corrected chi connectivity index (χ0v) is 15.6. The van der Waals surface area contributed by atoms with Gasteiger partial charge in [-0.15, -0.1) is 0 Å². The summed E-state index contributed by atoms with van der Waals surface area (Å²) in [5.74, 6) is 0. The second-order valence-electron chi connectivity index (χ2n) is 6.52. The third kappa shape index (κ3) is 2.85. The van der Waals surface area contributed by atoms with Gasteiger partial charge in [-0.3, -0.25) is 9.67 Å². The zero-order valence-electron chi connectivity index (χ0n) is 14.8. The number of fused-ring (bicyclic) bond motifs is 1. The van der Waals surface area contributed by atoms with Gasteiger partial charge in [0.1, 0.15) is 4.90 Å². The highest BCUT2D eigenvalue weighted by Crippen LogP contribution is 2.27. The van der Waals surface area contributed by atoms with E-state index in [1.807, 2.05) is 30.6 Å². The molecule has 0 bridgehead atoms. The molecule has 0 amide bonds. The number of hydrogen-bond acceptors (Lipinski definition) is 5. The summed E-state index contributed by atoms with van der Waals surface area (Å²) in [6, 6.07) is 8.12. The molecule has 0 spiro atoms. The second-order valence-corrected chi connectivity index (χ2v) is 8.43. The summed E-state index contributed by atoms with van der Waals surface area (Å²) < 4.78 is 28.9. The molecule has 1 aliphatic rings. The smallest absolute Gasteiger partial charge is 0.246 e. The van der Waals surface area contributed by atoms with E-state index in [9.17, 15) is 8.42 Å². The lowest BCUT2D eigenvalue weighted by Gasteiger charge is -2.35. The van der Waals surface area contributed by atoms with Crippen LogP contribution in [0.2, 0.25) is 0 Å². The van der Waals surface area contributed by atoms with Crippen molar-refractivity contribution in [3.05, 3.63) is 48.5 Å². The predicted octanol–water partition coefficient (Wildman–Crippen LogP) is 1.79. The summed E-state index contributed by atoms with van der Waals surface area (Å²) in [5, 5.41) is 6.39. The topological polar surface area (TPSA) is 71.3 Å². The summed E-state index contributed by atoms with van der Waals surface area (Å²) in [6.45, 7) is 3.88. The molecule has 1 aromatic carbocycles. The van der Waals surface area contributed by atoms with Gasteiger partial charge in [0.15, 0.2) is 0 Å². The molecule has 0 unspecified atom stereocenters. The van der Waals surface area contributed by atoms with E-state index in [1.54, 1.807) is 29.2 Å². The Bertz CT molecular complexity index is 1050. The predicted molar refractivity (Wildman–Crippen MR) is 101 cm³/mol. The highest BCUT2D eigenvalue weighted by Gasteiger charge is 2.31. The second kappa shape index (κ2) is 6.37. The lowest BCUT2D eigenvalue weighted by Crippen LogP contribution is -2.48. The number of benzene rings is 1. The first kappa shape index (κ1) is 17.0. The normalized spacial score (nSPS) is 16.3. The van der Waals surface area contributed by atoms with Crippen molar-refractivity contribution in [3.8, 4) is 0 Å². The summed E-state index contributed by atoms with van der Waals surface area (Å²) >= 11 is 0. The number of nitrogens with zero attached hydrogens (tertiary/aromatic N) is 5. The first-order valence-corrected chi connectivity index (χ1v) is 9.99. The Hall–Kier alpha value is -2.45. The van der Waals surface area contributed by atoms with Crippen LogP contribution in [0.5, 0.6) is 0 Å². The zero-order chi connectivity index (χ0) is 18.3. The van der Waals surface area contributed by atoms with Gasteiger partial charge in [0.2, 0.25) is 10.0 Å². The SMILES string of the molecule is Cc1nn(C)cc1S(=O)(=O)N1CCN(c2cncc3ccccc23)CC1. The number of pyridine rings is 1. The molecule has 3 heterocycles. The van der Waals surface area contributed by atoms with Crippen molar-refractivity contribution in [2.45, 2.75) is 11.8 Å². The highest BCUT2D eigenvalue weighted by molar-refractivity contribution is 7.89. The fourth-order valence-corrected chi connectivity index (χ4v) is 5.11.